The Bertz CT molecular complexity index is 451. The van der Waals surface area contributed by atoms with Gasteiger partial charge >= 0.3 is 0 Å². The maximum atomic E-state index is 6.62. The molecule has 2 atom stereocenters. The monoisotopic (exact) mass is 292 g/mol. The van der Waals surface area contributed by atoms with Crippen molar-refractivity contribution in [1.82, 2.24) is 0 Å². The van der Waals surface area contributed by atoms with E-state index in [4.69, 9.17) is 16.3 Å². The second kappa shape index (κ2) is 6.39. The molecule has 1 aliphatic heterocycles. The van der Waals surface area contributed by atoms with Crippen LogP contribution in [0.3, 0.4) is 0 Å². The molecule has 0 spiro atoms. The molecule has 2 aliphatic rings. The van der Waals surface area contributed by atoms with Gasteiger partial charge in [0, 0.05) is 6.42 Å². The van der Waals surface area contributed by atoms with Crippen LogP contribution in [-0.4, -0.2) is 6.10 Å². The van der Waals surface area contributed by atoms with Crippen LogP contribution in [0.25, 0.3) is 0 Å². The summed E-state index contributed by atoms with van der Waals surface area (Å²) in [6.07, 6.45) is 10.9. The standard InChI is InChI=1S/C18H25ClO/c1-13-11-16-12-15(8-10-18(16)20-13)17(19)9-7-14-5-3-2-4-6-14/h8,10,12-14,17H,2-7,9,11H2,1H3. The van der Waals surface area contributed by atoms with E-state index in [-0.39, 0.29) is 5.38 Å². The first-order valence-corrected chi connectivity index (χ1v) is 8.59. The van der Waals surface area contributed by atoms with Gasteiger partial charge in [0.25, 0.3) is 0 Å². The van der Waals surface area contributed by atoms with Crippen LogP contribution < -0.4 is 4.74 Å². The van der Waals surface area contributed by atoms with Gasteiger partial charge in [-0.1, -0.05) is 44.2 Å². The van der Waals surface area contributed by atoms with Crippen LogP contribution >= 0.6 is 11.6 Å². The maximum absolute atomic E-state index is 6.62. The van der Waals surface area contributed by atoms with Crippen molar-refractivity contribution >= 4 is 11.6 Å². The van der Waals surface area contributed by atoms with Crippen LogP contribution in [0.15, 0.2) is 18.2 Å². The molecule has 1 aromatic carbocycles. The molecule has 110 valence electrons. The van der Waals surface area contributed by atoms with Gasteiger partial charge in [0.1, 0.15) is 11.9 Å². The van der Waals surface area contributed by atoms with Crippen LogP contribution in [0, 0.1) is 5.92 Å². The van der Waals surface area contributed by atoms with E-state index < -0.39 is 0 Å². The zero-order chi connectivity index (χ0) is 13.9. The lowest BCUT2D eigenvalue weighted by atomic mass is 9.85. The van der Waals surface area contributed by atoms with Crippen LogP contribution in [-0.2, 0) is 6.42 Å². The molecule has 1 aromatic rings. The second-order valence-electron chi connectivity index (χ2n) is 6.55. The van der Waals surface area contributed by atoms with Crippen molar-refractivity contribution in [3.05, 3.63) is 29.3 Å². The van der Waals surface area contributed by atoms with E-state index in [0.717, 1.165) is 24.5 Å². The van der Waals surface area contributed by atoms with Crippen LogP contribution in [0.5, 0.6) is 5.75 Å². The first-order chi connectivity index (χ1) is 9.72. The summed E-state index contributed by atoms with van der Waals surface area (Å²) in [5, 5.41) is 0.165. The van der Waals surface area contributed by atoms with Crippen molar-refractivity contribution in [3.8, 4) is 5.75 Å². The van der Waals surface area contributed by atoms with Crippen molar-refractivity contribution in [2.45, 2.75) is 69.8 Å². The summed E-state index contributed by atoms with van der Waals surface area (Å²) in [6, 6.07) is 6.51. The maximum Gasteiger partial charge on any atom is 0.123 e. The summed E-state index contributed by atoms with van der Waals surface area (Å²) < 4.78 is 5.75. The normalized spacial score (nSPS) is 24.2. The zero-order valence-corrected chi connectivity index (χ0v) is 13.2. The minimum absolute atomic E-state index is 0.165. The summed E-state index contributed by atoms with van der Waals surface area (Å²) in [7, 11) is 0. The molecule has 3 rings (SSSR count). The highest BCUT2D eigenvalue weighted by molar-refractivity contribution is 6.20. The molecule has 1 fully saturated rings. The highest BCUT2D eigenvalue weighted by atomic mass is 35.5. The largest absolute Gasteiger partial charge is 0.490 e. The van der Waals surface area contributed by atoms with E-state index in [2.05, 4.69) is 25.1 Å². The number of hydrogen-bond donors (Lipinski definition) is 0. The fourth-order valence-corrected chi connectivity index (χ4v) is 3.92. The van der Waals surface area contributed by atoms with Gasteiger partial charge in [0.2, 0.25) is 0 Å². The van der Waals surface area contributed by atoms with E-state index >= 15 is 0 Å². The van der Waals surface area contributed by atoms with E-state index in [1.54, 1.807) is 0 Å². The lowest BCUT2D eigenvalue weighted by Gasteiger charge is -2.22. The highest BCUT2D eigenvalue weighted by Crippen LogP contribution is 2.36. The van der Waals surface area contributed by atoms with E-state index in [0.29, 0.717) is 6.10 Å². The number of alkyl halides is 1. The first-order valence-electron chi connectivity index (χ1n) is 8.16. The first kappa shape index (κ1) is 14.3. The van der Waals surface area contributed by atoms with Crippen LogP contribution in [0.4, 0.5) is 0 Å². The van der Waals surface area contributed by atoms with Crippen molar-refractivity contribution in [2.24, 2.45) is 5.92 Å². The summed E-state index contributed by atoms with van der Waals surface area (Å²) in [5.74, 6) is 1.97. The van der Waals surface area contributed by atoms with Gasteiger partial charge in [-0.15, -0.1) is 11.6 Å². The van der Waals surface area contributed by atoms with Gasteiger partial charge in [0.05, 0.1) is 5.38 Å². The third kappa shape index (κ3) is 3.31. The number of halogens is 1. The van der Waals surface area contributed by atoms with E-state index in [9.17, 15) is 0 Å². The summed E-state index contributed by atoms with van der Waals surface area (Å²) in [5.41, 5.74) is 2.61. The molecule has 2 unspecified atom stereocenters. The Balaban J connectivity index is 1.57. The Hall–Kier alpha value is -0.690. The molecule has 1 saturated carbocycles. The number of hydrogen-bond acceptors (Lipinski definition) is 1. The predicted molar refractivity (Wildman–Crippen MR) is 84.6 cm³/mol. The van der Waals surface area contributed by atoms with Crippen molar-refractivity contribution in [1.29, 1.82) is 0 Å². The third-order valence-electron chi connectivity index (χ3n) is 4.83. The Morgan fingerprint density at radius 3 is 2.85 bits per heavy atom. The molecule has 0 aromatic heterocycles. The third-order valence-corrected chi connectivity index (χ3v) is 5.31. The lowest BCUT2D eigenvalue weighted by Crippen LogP contribution is -2.07. The Morgan fingerprint density at radius 1 is 1.25 bits per heavy atom. The molecular formula is C18H25ClO. The summed E-state index contributed by atoms with van der Waals surface area (Å²) in [6.45, 7) is 2.13. The minimum atomic E-state index is 0.165. The quantitative estimate of drug-likeness (QED) is 0.652. The molecule has 1 nitrogen and oxygen atoms in total. The minimum Gasteiger partial charge on any atom is -0.490 e. The molecule has 0 N–H and O–H groups in total. The molecule has 0 radical (unpaired) electrons. The molecule has 0 bridgehead atoms. The Morgan fingerprint density at radius 2 is 2.05 bits per heavy atom. The van der Waals surface area contributed by atoms with Gasteiger partial charge < -0.3 is 4.74 Å². The fraction of sp³-hybridized carbons (Fsp3) is 0.667. The van der Waals surface area contributed by atoms with Crippen molar-refractivity contribution in [2.75, 3.05) is 0 Å². The van der Waals surface area contributed by atoms with Crippen LogP contribution in [0.1, 0.15) is 68.4 Å². The highest BCUT2D eigenvalue weighted by Gasteiger charge is 2.21. The zero-order valence-electron chi connectivity index (χ0n) is 12.4. The molecule has 2 heteroatoms. The summed E-state index contributed by atoms with van der Waals surface area (Å²) in [4.78, 5) is 0. The van der Waals surface area contributed by atoms with Crippen LogP contribution in [0.2, 0.25) is 0 Å². The Kier molecular flexibility index (Phi) is 4.55. The molecular weight excluding hydrogens is 268 g/mol. The smallest absolute Gasteiger partial charge is 0.123 e. The average molecular weight is 293 g/mol. The molecule has 1 aliphatic carbocycles. The lowest BCUT2D eigenvalue weighted by molar-refractivity contribution is 0.254. The molecule has 0 saturated heterocycles. The van der Waals surface area contributed by atoms with Crippen molar-refractivity contribution in [3.63, 3.8) is 0 Å². The van der Waals surface area contributed by atoms with Gasteiger partial charge in [0.15, 0.2) is 0 Å². The fourth-order valence-electron chi connectivity index (χ4n) is 3.66. The number of benzene rings is 1. The number of rotatable bonds is 4. The van der Waals surface area contributed by atoms with E-state index in [1.165, 1.54) is 49.7 Å². The molecule has 1 heterocycles. The predicted octanol–water partition coefficient (Wildman–Crippen LogP) is 5.65. The van der Waals surface area contributed by atoms with Gasteiger partial charge in [-0.2, -0.15) is 0 Å². The molecule has 20 heavy (non-hydrogen) atoms. The van der Waals surface area contributed by atoms with Crippen molar-refractivity contribution < 1.29 is 4.74 Å². The average Bonchev–Trinajstić information content (AvgIpc) is 2.85. The number of fused-ring (bicyclic) bond motifs is 1. The SMILES string of the molecule is CC1Cc2cc(C(Cl)CCC3CCCCC3)ccc2O1. The number of ether oxygens (including phenoxy) is 1. The van der Waals surface area contributed by atoms with Gasteiger partial charge in [-0.05, 0) is 42.9 Å². The second-order valence-corrected chi connectivity index (χ2v) is 7.08. The Labute approximate surface area is 127 Å². The molecule has 0 amide bonds. The summed E-state index contributed by atoms with van der Waals surface area (Å²) >= 11 is 6.62. The topological polar surface area (TPSA) is 9.23 Å². The van der Waals surface area contributed by atoms with Gasteiger partial charge in [-0.3, -0.25) is 0 Å². The van der Waals surface area contributed by atoms with E-state index in [1.807, 2.05) is 0 Å². The van der Waals surface area contributed by atoms with Gasteiger partial charge in [-0.25, -0.2) is 0 Å².